The summed E-state index contributed by atoms with van der Waals surface area (Å²) in [6.45, 7) is -0.408. The van der Waals surface area contributed by atoms with Crippen LogP contribution in [0.15, 0.2) is 30.4 Å². The normalized spacial score (nSPS) is 33.4. The van der Waals surface area contributed by atoms with Crippen molar-refractivity contribution < 1.29 is 29.3 Å². The maximum absolute atomic E-state index is 12.8. The second kappa shape index (κ2) is 4.89. The van der Waals surface area contributed by atoms with E-state index in [4.69, 9.17) is 21.4 Å². The lowest BCUT2D eigenvalue weighted by molar-refractivity contribution is -0.128. The molecule has 124 valence electrons. The summed E-state index contributed by atoms with van der Waals surface area (Å²) in [5, 5.41) is 18.8. The number of carboxylic acid groups (broad SMARTS) is 1. The van der Waals surface area contributed by atoms with Crippen LogP contribution in [0.3, 0.4) is 0 Å². The average molecular weight is 350 g/mol. The predicted octanol–water partition coefficient (Wildman–Crippen LogP) is 0.843. The third-order valence-corrected chi connectivity index (χ3v) is 5.17. The smallest absolute Gasteiger partial charge is 0.337 e. The summed E-state index contributed by atoms with van der Waals surface area (Å²) >= 11 is 5.84. The summed E-state index contributed by atoms with van der Waals surface area (Å²) in [7, 11) is 0. The second-order valence-electron chi connectivity index (χ2n) is 6.04. The molecule has 8 heteroatoms. The van der Waals surface area contributed by atoms with Crippen LogP contribution in [0.5, 0.6) is 0 Å². The average Bonchev–Trinajstić information content (AvgIpc) is 3.19. The third kappa shape index (κ3) is 1.77. The van der Waals surface area contributed by atoms with E-state index in [9.17, 15) is 19.5 Å². The zero-order valence-electron chi connectivity index (χ0n) is 12.2. The molecule has 24 heavy (non-hydrogen) atoms. The lowest BCUT2D eigenvalue weighted by Gasteiger charge is -2.26. The fourth-order valence-electron chi connectivity index (χ4n) is 3.75. The Labute approximate surface area is 141 Å². The predicted molar refractivity (Wildman–Crippen MR) is 81.7 cm³/mol. The number of hydrogen-bond acceptors (Lipinski definition) is 5. The van der Waals surface area contributed by atoms with E-state index in [1.807, 2.05) is 0 Å². The van der Waals surface area contributed by atoms with Gasteiger partial charge in [-0.2, -0.15) is 0 Å². The van der Waals surface area contributed by atoms with E-state index in [0.29, 0.717) is 0 Å². The molecule has 3 aliphatic rings. The van der Waals surface area contributed by atoms with Crippen LogP contribution in [0.4, 0.5) is 5.69 Å². The molecule has 0 aliphatic carbocycles. The van der Waals surface area contributed by atoms with Gasteiger partial charge in [0.25, 0.3) is 0 Å². The fourth-order valence-corrected chi connectivity index (χ4v) is 3.95. The van der Waals surface area contributed by atoms with Gasteiger partial charge in [0.1, 0.15) is 5.60 Å². The first-order valence-corrected chi connectivity index (χ1v) is 7.66. The van der Waals surface area contributed by atoms with Crippen molar-refractivity contribution in [3.05, 3.63) is 40.9 Å². The van der Waals surface area contributed by atoms with Crippen LogP contribution in [0, 0.1) is 11.8 Å². The number of carbonyl (C=O) groups is 3. The van der Waals surface area contributed by atoms with Crippen LogP contribution in [0.1, 0.15) is 10.4 Å². The van der Waals surface area contributed by atoms with Crippen molar-refractivity contribution >= 4 is 35.1 Å². The quantitative estimate of drug-likeness (QED) is 0.619. The van der Waals surface area contributed by atoms with Gasteiger partial charge in [-0.3, -0.25) is 9.59 Å². The largest absolute Gasteiger partial charge is 0.478 e. The number of nitrogens with zero attached hydrogens (tertiary/aromatic N) is 1. The minimum absolute atomic E-state index is 0.0161. The molecule has 7 nitrogen and oxygen atoms in total. The Hall–Kier alpha value is -2.22. The van der Waals surface area contributed by atoms with E-state index in [-0.39, 0.29) is 16.3 Å². The van der Waals surface area contributed by atoms with Gasteiger partial charge in [-0.1, -0.05) is 23.8 Å². The van der Waals surface area contributed by atoms with Crippen molar-refractivity contribution in [1.29, 1.82) is 0 Å². The molecule has 2 N–H and O–H groups in total. The lowest BCUT2D eigenvalue weighted by Crippen LogP contribution is -2.43. The molecule has 0 spiro atoms. The molecule has 0 saturated carbocycles. The molecule has 2 bridgehead atoms. The molecule has 4 rings (SSSR count). The minimum atomic E-state index is -1.25. The van der Waals surface area contributed by atoms with Crippen molar-refractivity contribution in [3.8, 4) is 0 Å². The number of hydrogen-bond donors (Lipinski definition) is 2. The molecule has 0 aromatic heterocycles. The molecule has 2 saturated heterocycles. The highest BCUT2D eigenvalue weighted by atomic mass is 35.5. The number of imide groups is 1. The Morgan fingerprint density at radius 1 is 1.33 bits per heavy atom. The van der Waals surface area contributed by atoms with Gasteiger partial charge in [0.05, 0.1) is 40.8 Å². The van der Waals surface area contributed by atoms with Crippen LogP contribution in [-0.4, -0.2) is 46.3 Å². The van der Waals surface area contributed by atoms with Crippen molar-refractivity contribution in [2.24, 2.45) is 11.8 Å². The summed E-state index contributed by atoms with van der Waals surface area (Å²) in [6.07, 6.45) is 2.74. The van der Waals surface area contributed by atoms with Crippen LogP contribution in [0.2, 0.25) is 5.02 Å². The maximum Gasteiger partial charge on any atom is 0.337 e. The molecular formula is C16H12ClNO6. The number of benzene rings is 1. The van der Waals surface area contributed by atoms with Crippen LogP contribution in [-0.2, 0) is 14.3 Å². The maximum atomic E-state index is 12.8. The van der Waals surface area contributed by atoms with Gasteiger partial charge in [0.2, 0.25) is 11.8 Å². The minimum Gasteiger partial charge on any atom is -0.478 e. The van der Waals surface area contributed by atoms with E-state index in [2.05, 4.69) is 0 Å². The van der Waals surface area contributed by atoms with Crippen LogP contribution < -0.4 is 4.90 Å². The fraction of sp³-hybridized carbons (Fsp3) is 0.312. The Bertz CT molecular complexity index is 821. The molecule has 3 aliphatic heterocycles. The summed E-state index contributed by atoms with van der Waals surface area (Å²) in [6, 6.07) is 3.96. The van der Waals surface area contributed by atoms with Gasteiger partial charge in [0, 0.05) is 0 Å². The van der Waals surface area contributed by atoms with Gasteiger partial charge in [-0.15, -0.1) is 0 Å². The van der Waals surface area contributed by atoms with Crippen molar-refractivity contribution in [2.45, 2.75) is 11.7 Å². The number of amides is 2. The first-order valence-electron chi connectivity index (χ1n) is 7.28. The number of aliphatic hydroxyl groups excluding tert-OH is 1. The highest BCUT2D eigenvalue weighted by molar-refractivity contribution is 6.34. The van der Waals surface area contributed by atoms with Crippen LogP contribution >= 0.6 is 11.6 Å². The first-order chi connectivity index (χ1) is 11.4. The Morgan fingerprint density at radius 2 is 2.08 bits per heavy atom. The molecule has 3 heterocycles. The Morgan fingerprint density at radius 3 is 2.75 bits per heavy atom. The van der Waals surface area contributed by atoms with Crippen molar-refractivity contribution in [3.63, 3.8) is 0 Å². The molecule has 2 fully saturated rings. The van der Waals surface area contributed by atoms with E-state index >= 15 is 0 Å². The molecule has 1 aromatic rings. The number of carbonyl (C=O) groups excluding carboxylic acids is 2. The molecular weight excluding hydrogens is 338 g/mol. The van der Waals surface area contributed by atoms with E-state index in [1.54, 1.807) is 12.2 Å². The monoisotopic (exact) mass is 349 g/mol. The van der Waals surface area contributed by atoms with Crippen LogP contribution in [0.25, 0.3) is 0 Å². The standard InChI is InChI=1S/C16H12ClNO6/c17-9-2-1-7(5-8(9)15(22)23)18-13(20)11-10-3-4-16(6-19,24-10)12(11)14(18)21/h1-5,10-12,19H,6H2,(H,22,23)/t10-,11-,12-,16-/m0/s1. The Balaban J connectivity index is 1.77. The van der Waals surface area contributed by atoms with Gasteiger partial charge in [-0.25, -0.2) is 9.69 Å². The summed E-state index contributed by atoms with van der Waals surface area (Å²) in [5.74, 6) is -3.75. The number of halogens is 1. The number of aliphatic hydroxyl groups is 1. The molecule has 0 unspecified atom stereocenters. The topological polar surface area (TPSA) is 104 Å². The van der Waals surface area contributed by atoms with E-state index < -0.39 is 47.9 Å². The van der Waals surface area contributed by atoms with Gasteiger partial charge < -0.3 is 14.9 Å². The zero-order chi connectivity index (χ0) is 17.2. The van der Waals surface area contributed by atoms with Gasteiger partial charge in [0.15, 0.2) is 0 Å². The third-order valence-electron chi connectivity index (χ3n) is 4.84. The second-order valence-corrected chi connectivity index (χ2v) is 6.45. The van der Waals surface area contributed by atoms with E-state index in [1.165, 1.54) is 18.2 Å². The van der Waals surface area contributed by atoms with Gasteiger partial charge in [-0.05, 0) is 18.2 Å². The lowest BCUT2D eigenvalue weighted by atomic mass is 9.77. The summed E-state index contributed by atoms with van der Waals surface area (Å²) in [5.41, 5.74) is -1.23. The Kier molecular flexibility index (Phi) is 3.12. The highest BCUT2D eigenvalue weighted by Gasteiger charge is 2.67. The SMILES string of the molecule is O=C(O)c1cc(N2C(=O)[C@H]3[C@@H]4C=C[C@@](CO)(O4)[C@@H]3C2=O)ccc1Cl. The number of aromatic carboxylic acids is 1. The summed E-state index contributed by atoms with van der Waals surface area (Å²) < 4.78 is 5.64. The number of anilines is 1. The number of carboxylic acids is 1. The highest BCUT2D eigenvalue weighted by Crippen LogP contribution is 2.52. The van der Waals surface area contributed by atoms with Gasteiger partial charge >= 0.3 is 5.97 Å². The molecule has 0 radical (unpaired) electrons. The zero-order valence-corrected chi connectivity index (χ0v) is 12.9. The molecule has 2 amide bonds. The number of fused-ring (bicyclic) bond motifs is 5. The van der Waals surface area contributed by atoms with Crippen molar-refractivity contribution in [2.75, 3.05) is 11.5 Å². The molecule has 4 atom stereocenters. The van der Waals surface area contributed by atoms with E-state index in [0.717, 1.165) is 4.90 Å². The molecule has 1 aromatic carbocycles. The first kappa shape index (κ1) is 15.3. The van der Waals surface area contributed by atoms with Crippen molar-refractivity contribution in [1.82, 2.24) is 0 Å². The number of ether oxygens (including phenoxy) is 1. The number of rotatable bonds is 3. The summed E-state index contributed by atoms with van der Waals surface area (Å²) in [4.78, 5) is 37.7.